The van der Waals surface area contributed by atoms with E-state index in [1.54, 1.807) is 0 Å². The van der Waals surface area contributed by atoms with Gasteiger partial charge in [-0.3, -0.25) is 0 Å². The summed E-state index contributed by atoms with van der Waals surface area (Å²) in [5.74, 6) is 2.42. The monoisotopic (exact) mass is 416 g/mol. The van der Waals surface area contributed by atoms with Crippen LogP contribution in [0, 0.1) is 11.8 Å². The lowest BCUT2D eigenvalue weighted by atomic mass is 10.1. The Balaban J connectivity index is 1.68. The molecular weight excluding hydrogens is 393 g/mol. The third-order valence-corrected chi connectivity index (χ3v) is 6.16. The van der Waals surface area contributed by atoms with Crippen LogP contribution in [0.4, 0.5) is 13.2 Å². The SMILES string of the molecule is CCc1nc2c(-c3ccc(C(F)(F)F)cc3OC)ncnc2n1C(C1CC1)C1CC1. The smallest absolute Gasteiger partial charge is 0.416 e. The van der Waals surface area contributed by atoms with E-state index in [4.69, 9.17) is 9.72 Å². The van der Waals surface area contributed by atoms with Gasteiger partial charge in [0.15, 0.2) is 5.65 Å². The predicted molar refractivity (Wildman–Crippen MR) is 106 cm³/mol. The van der Waals surface area contributed by atoms with Gasteiger partial charge in [-0.1, -0.05) is 6.92 Å². The lowest BCUT2D eigenvalue weighted by Crippen LogP contribution is -2.16. The van der Waals surface area contributed by atoms with Gasteiger partial charge in [-0.25, -0.2) is 15.0 Å². The number of methoxy groups -OCH3 is 1. The molecule has 3 aromatic rings. The van der Waals surface area contributed by atoms with Gasteiger partial charge in [-0.15, -0.1) is 0 Å². The Labute approximate surface area is 172 Å². The van der Waals surface area contributed by atoms with E-state index in [1.807, 2.05) is 0 Å². The molecule has 2 saturated carbocycles. The van der Waals surface area contributed by atoms with Crippen molar-refractivity contribution in [3.8, 4) is 17.0 Å². The number of alkyl halides is 3. The molecule has 158 valence electrons. The molecule has 2 aromatic heterocycles. The Morgan fingerprint density at radius 3 is 2.40 bits per heavy atom. The summed E-state index contributed by atoms with van der Waals surface area (Å²) in [6, 6.07) is 3.88. The number of aryl methyl sites for hydroxylation is 1. The molecule has 30 heavy (non-hydrogen) atoms. The van der Waals surface area contributed by atoms with Crippen molar-refractivity contribution in [1.29, 1.82) is 0 Å². The van der Waals surface area contributed by atoms with Crippen LogP contribution in [0.25, 0.3) is 22.4 Å². The molecule has 0 radical (unpaired) electrons. The zero-order chi connectivity index (χ0) is 21.0. The van der Waals surface area contributed by atoms with Crippen LogP contribution in [-0.2, 0) is 12.6 Å². The van der Waals surface area contributed by atoms with Crippen LogP contribution in [0.15, 0.2) is 24.5 Å². The van der Waals surface area contributed by atoms with E-state index in [1.165, 1.54) is 45.2 Å². The van der Waals surface area contributed by atoms with Gasteiger partial charge in [-0.2, -0.15) is 13.2 Å². The van der Waals surface area contributed by atoms with E-state index >= 15 is 0 Å². The van der Waals surface area contributed by atoms with Crippen molar-refractivity contribution in [1.82, 2.24) is 19.5 Å². The van der Waals surface area contributed by atoms with Gasteiger partial charge < -0.3 is 9.30 Å². The van der Waals surface area contributed by atoms with Gasteiger partial charge in [0.25, 0.3) is 0 Å². The largest absolute Gasteiger partial charge is 0.496 e. The van der Waals surface area contributed by atoms with Gasteiger partial charge >= 0.3 is 6.18 Å². The molecule has 2 heterocycles. The van der Waals surface area contributed by atoms with Crippen molar-refractivity contribution in [2.75, 3.05) is 7.11 Å². The molecule has 0 amide bonds. The highest BCUT2D eigenvalue weighted by Crippen LogP contribution is 2.53. The Hall–Kier alpha value is -2.64. The molecule has 1 aromatic carbocycles. The maximum atomic E-state index is 13.1. The lowest BCUT2D eigenvalue weighted by molar-refractivity contribution is -0.137. The van der Waals surface area contributed by atoms with Gasteiger partial charge in [0.05, 0.1) is 12.7 Å². The second kappa shape index (κ2) is 6.96. The zero-order valence-corrected chi connectivity index (χ0v) is 16.9. The van der Waals surface area contributed by atoms with Crippen LogP contribution < -0.4 is 4.74 Å². The first-order valence-electron chi connectivity index (χ1n) is 10.4. The highest BCUT2D eigenvalue weighted by atomic mass is 19.4. The molecule has 5 nitrogen and oxygen atoms in total. The third-order valence-electron chi connectivity index (χ3n) is 6.16. The van der Waals surface area contributed by atoms with Crippen molar-refractivity contribution in [2.45, 2.75) is 51.2 Å². The van der Waals surface area contributed by atoms with Crippen molar-refractivity contribution in [3.63, 3.8) is 0 Å². The molecule has 2 aliphatic rings. The molecule has 0 N–H and O–H groups in total. The van der Waals surface area contributed by atoms with E-state index in [2.05, 4.69) is 21.5 Å². The highest BCUT2D eigenvalue weighted by molar-refractivity contribution is 5.89. The van der Waals surface area contributed by atoms with Crippen molar-refractivity contribution < 1.29 is 17.9 Å². The number of hydrogen-bond acceptors (Lipinski definition) is 4. The quantitative estimate of drug-likeness (QED) is 0.537. The fourth-order valence-corrected chi connectivity index (χ4v) is 4.46. The third kappa shape index (κ3) is 3.22. The zero-order valence-electron chi connectivity index (χ0n) is 16.9. The molecule has 0 atom stereocenters. The van der Waals surface area contributed by atoms with Crippen LogP contribution in [0.2, 0.25) is 0 Å². The standard InChI is InChI=1S/C22H23F3N4O/c1-3-17-28-19-18(15-9-8-14(22(23,24)25)10-16(15)30-2)26-11-27-21(19)29(17)20(12-4-5-12)13-6-7-13/h8-13,20H,3-7H2,1-2H3. The van der Waals surface area contributed by atoms with E-state index < -0.39 is 11.7 Å². The fraction of sp³-hybridized carbons (Fsp3) is 0.500. The number of fused-ring (bicyclic) bond motifs is 1. The Kier molecular flexibility index (Phi) is 4.48. The number of hydrogen-bond donors (Lipinski definition) is 0. The van der Waals surface area contributed by atoms with Crippen molar-refractivity contribution in [3.05, 3.63) is 35.9 Å². The minimum absolute atomic E-state index is 0.123. The van der Waals surface area contributed by atoms with Crippen LogP contribution in [-0.4, -0.2) is 26.6 Å². The summed E-state index contributed by atoms with van der Waals surface area (Å²) < 4.78 is 47.0. The number of nitrogens with zero attached hydrogens (tertiary/aromatic N) is 4. The number of aromatic nitrogens is 4. The van der Waals surface area contributed by atoms with Crippen LogP contribution in [0.3, 0.4) is 0 Å². The van der Waals surface area contributed by atoms with Gasteiger partial charge in [0, 0.05) is 18.0 Å². The summed E-state index contributed by atoms with van der Waals surface area (Å²) in [6.45, 7) is 2.07. The first-order valence-corrected chi connectivity index (χ1v) is 10.4. The summed E-state index contributed by atoms with van der Waals surface area (Å²) in [4.78, 5) is 13.8. The van der Waals surface area contributed by atoms with E-state index in [-0.39, 0.29) is 5.75 Å². The molecular formula is C22H23F3N4O. The van der Waals surface area contributed by atoms with Gasteiger partial charge in [0.2, 0.25) is 0 Å². The van der Waals surface area contributed by atoms with Crippen molar-refractivity contribution >= 4 is 11.2 Å². The number of ether oxygens (including phenoxy) is 1. The average Bonchev–Trinajstić information content (AvgIpc) is 3.65. The van der Waals surface area contributed by atoms with E-state index in [0.717, 1.165) is 30.0 Å². The fourth-order valence-electron chi connectivity index (χ4n) is 4.46. The molecule has 0 unspecified atom stereocenters. The molecule has 0 spiro atoms. The molecule has 8 heteroatoms. The number of imidazole rings is 1. The summed E-state index contributed by atoms with van der Waals surface area (Å²) in [5, 5.41) is 0. The number of halogens is 3. The average molecular weight is 416 g/mol. The Bertz CT molecular complexity index is 1090. The molecule has 2 fully saturated rings. The predicted octanol–water partition coefficient (Wildman–Crippen LogP) is 5.44. The summed E-state index contributed by atoms with van der Waals surface area (Å²) in [7, 11) is 1.36. The molecule has 5 rings (SSSR count). The maximum absolute atomic E-state index is 13.1. The topological polar surface area (TPSA) is 52.8 Å². The minimum Gasteiger partial charge on any atom is -0.496 e. The summed E-state index contributed by atoms with van der Waals surface area (Å²) in [5.41, 5.74) is 1.63. The number of benzene rings is 1. The van der Waals surface area contributed by atoms with Crippen molar-refractivity contribution in [2.24, 2.45) is 11.8 Å². The van der Waals surface area contributed by atoms with Gasteiger partial charge in [0.1, 0.15) is 29.1 Å². The first-order chi connectivity index (χ1) is 14.4. The van der Waals surface area contributed by atoms with Gasteiger partial charge in [-0.05, 0) is 55.7 Å². The molecule has 2 aliphatic carbocycles. The highest BCUT2D eigenvalue weighted by Gasteiger charge is 2.44. The van der Waals surface area contributed by atoms with Crippen LogP contribution in [0.5, 0.6) is 5.75 Å². The summed E-state index contributed by atoms with van der Waals surface area (Å²) in [6.07, 6.45) is 2.72. The number of rotatable bonds is 6. The Morgan fingerprint density at radius 1 is 1.13 bits per heavy atom. The normalized spacial score (nSPS) is 17.1. The van der Waals surface area contributed by atoms with Crippen LogP contribution in [0.1, 0.15) is 50.0 Å². The first kappa shape index (κ1) is 19.3. The maximum Gasteiger partial charge on any atom is 0.416 e. The molecule has 0 bridgehead atoms. The van der Waals surface area contributed by atoms with E-state index in [9.17, 15) is 13.2 Å². The van der Waals surface area contributed by atoms with E-state index in [0.29, 0.717) is 34.7 Å². The molecule has 0 aliphatic heterocycles. The lowest BCUT2D eigenvalue weighted by Gasteiger charge is -2.20. The van der Waals surface area contributed by atoms with Crippen LogP contribution >= 0.6 is 0 Å². The minimum atomic E-state index is -4.44. The molecule has 0 saturated heterocycles. The second-order valence-corrected chi connectivity index (χ2v) is 8.22. The Morgan fingerprint density at radius 2 is 1.83 bits per heavy atom. The summed E-state index contributed by atoms with van der Waals surface area (Å²) >= 11 is 0. The second-order valence-electron chi connectivity index (χ2n) is 8.22.